The molecule has 0 bridgehead atoms. The minimum Gasteiger partial charge on any atom is -0.381 e. The van der Waals surface area contributed by atoms with Crippen LogP contribution in [-0.4, -0.2) is 88.1 Å². The van der Waals surface area contributed by atoms with Gasteiger partial charge < -0.3 is 5.32 Å². The van der Waals surface area contributed by atoms with E-state index in [0.29, 0.717) is 65.4 Å². The van der Waals surface area contributed by atoms with Crippen LogP contribution >= 0.6 is 48.9 Å². The molecule has 0 aromatic heterocycles. The molecule has 1 aromatic rings. The number of aliphatic imine (C=N–C) groups is 3. The molecule has 0 fully saturated rings. The third-order valence-electron chi connectivity index (χ3n) is 4.49. The quantitative estimate of drug-likeness (QED) is 0.102. The van der Waals surface area contributed by atoms with E-state index in [1.165, 1.54) is 5.49 Å². The topological polar surface area (TPSA) is 98.7 Å². The SMILES string of the molecule is O=[N+]([O-])c1cc(CN(CCN=C=S)CCN=C=S)cc(CN(CCN=C=S)CCNC=S)c1. The third kappa shape index (κ3) is 13.2. The number of isothiocyanates is 3. The van der Waals surface area contributed by atoms with Crippen LogP contribution in [0.5, 0.6) is 0 Å². The van der Waals surface area contributed by atoms with E-state index in [2.05, 4.69) is 82.2 Å². The number of hydrogen-bond donors (Lipinski definition) is 1. The summed E-state index contributed by atoms with van der Waals surface area (Å²) in [6.45, 7) is 5.67. The molecule has 1 rings (SSSR count). The summed E-state index contributed by atoms with van der Waals surface area (Å²) in [7, 11) is 0. The predicted molar refractivity (Wildman–Crippen MR) is 145 cm³/mol. The van der Waals surface area contributed by atoms with Gasteiger partial charge in [0.05, 0.1) is 45.5 Å². The Morgan fingerprint density at radius 2 is 1.33 bits per heavy atom. The van der Waals surface area contributed by atoms with Gasteiger partial charge in [-0.15, -0.1) is 0 Å². The van der Waals surface area contributed by atoms with E-state index >= 15 is 0 Å². The van der Waals surface area contributed by atoms with Crippen molar-refractivity contribution in [2.75, 3.05) is 52.4 Å². The maximum absolute atomic E-state index is 11.6. The number of benzene rings is 1. The zero-order valence-electron chi connectivity index (χ0n) is 18.0. The highest BCUT2D eigenvalue weighted by Gasteiger charge is 2.15. The second-order valence-electron chi connectivity index (χ2n) is 6.81. The molecular weight excluding hydrogens is 499 g/mol. The molecule has 0 unspecified atom stereocenters. The van der Waals surface area contributed by atoms with Crippen LogP contribution in [0.4, 0.5) is 5.69 Å². The summed E-state index contributed by atoms with van der Waals surface area (Å²) >= 11 is 18.7. The smallest absolute Gasteiger partial charge is 0.270 e. The normalized spacial score (nSPS) is 10.1. The first-order valence-corrected chi connectivity index (χ1v) is 11.7. The Morgan fingerprint density at radius 1 is 0.879 bits per heavy atom. The maximum atomic E-state index is 11.6. The van der Waals surface area contributed by atoms with Gasteiger partial charge in [0.2, 0.25) is 0 Å². The van der Waals surface area contributed by atoms with Crippen LogP contribution in [0.2, 0.25) is 0 Å². The van der Waals surface area contributed by atoms with Gasteiger partial charge in [-0.05, 0) is 47.8 Å². The lowest BCUT2D eigenvalue weighted by atomic mass is 10.1. The first kappa shape index (κ1) is 28.9. The predicted octanol–water partition coefficient (Wildman–Crippen LogP) is 3.05. The van der Waals surface area contributed by atoms with Gasteiger partial charge in [0, 0.05) is 57.9 Å². The molecule has 0 aliphatic heterocycles. The highest BCUT2D eigenvalue weighted by molar-refractivity contribution is 7.79. The fourth-order valence-electron chi connectivity index (χ4n) is 3.08. The number of nitro benzene ring substituents is 1. The fourth-order valence-corrected chi connectivity index (χ4v) is 3.47. The number of non-ortho nitro benzene ring substituents is 1. The van der Waals surface area contributed by atoms with Gasteiger partial charge in [0.15, 0.2) is 0 Å². The highest BCUT2D eigenvalue weighted by atomic mass is 32.1. The molecule has 13 heteroatoms. The summed E-state index contributed by atoms with van der Waals surface area (Å²) in [6.07, 6.45) is 0. The van der Waals surface area contributed by atoms with Crippen LogP contribution < -0.4 is 5.32 Å². The molecule has 0 aliphatic rings. The molecule has 0 saturated carbocycles. The van der Waals surface area contributed by atoms with E-state index < -0.39 is 0 Å². The van der Waals surface area contributed by atoms with Gasteiger partial charge in [0.25, 0.3) is 5.69 Å². The Kier molecular flexibility index (Phi) is 16.0. The van der Waals surface area contributed by atoms with E-state index in [4.69, 9.17) is 12.2 Å². The van der Waals surface area contributed by atoms with Gasteiger partial charge in [-0.2, -0.15) is 0 Å². The van der Waals surface area contributed by atoms with Crippen LogP contribution in [0.15, 0.2) is 33.2 Å². The van der Waals surface area contributed by atoms with E-state index in [9.17, 15) is 10.1 Å². The van der Waals surface area contributed by atoms with Crippen LogP contribution in [0.1, 0.15) is 11.1 Å². The number of hydrogen-bond acceptors (Lipinski definition) is 11. The second-order valence-corrected chi connectivity index (χ2v) is 7.59. The van der Waals surface area contributed by atoms with Crippen molar-refractivity contribution in [2.45, 2.75) is 13.1 Å². The molecule has 33 heavy (non-hydrogen) atoms. The van der Waals surface area contributed by atoms with Gasteiger partial charge in [0.1, 0.15) is 0 Å². The van der Waals surface area contributed by atoms with E-state index in [1.54, 1.807) is 12.1 Å². The summed E-state index contributed by atoms with van der Waals surface area (Å²) in [4.78, 5) is 27.3. The average Bonchev–Trinajstić information content (AvgIpc) is 2.79. The molecule has 9 nitrogen and oxygen atoms in total. The van der Waals surface area contributed by atoms with Crippen molar-refractivity contribution in [1.29, 1.82) is 0 Å². The van der Waals surface area contributed by atoms with Gasteiger partial charge in [-0.3, -0.25) is 19.9 Å². The summed E-state index contributed by atoms with van der Waals surface area (Å²) in [5.41, 5.74) is 3.17. The summed E-state index contributed by atoms with van der Waals surface area (Å²) in [5, 5.41) is 21.6. The summed E-state index contributed by atoms with van der Waals surface area (Å²) in [6, 6.07) is 5.17. The third-order valence-corrected chi connectivity index (χ3v) is 5.05. The zero-order valence-corrected chi connectivity index (χ0v) is 21.3. The molecule has 1 N–H and O–H groups in total. The lowest BCUT2D eigenvalue weighted by Gasteiger charge is -2.23. The minimum absolute atomic E-state index is 0.0464. The Bertz CT molecular complexity index is 905. The van der Waals surface area contributed by atoms with Crippen molar-refractivity contribution in [3.8, 4) is 0 Å². The van der Waals surface area contributed by atoms with Gasteiger partial charge in [-0.25, -0.2) is 15.0 Å². The molecule has 0 aliphatic carbocycles. The van der Waals surface area contributed by atoms with Crippen LogP contribution in [0, 0.1) is 10.1 Å². The number of nitro groups is 1. The molecule has 0 saturated heterocycles. The highest BCUT2D eigenvalue weighted by Crippen LogP contribution is 2.20. The molecule has 1 aromatic carbocycles. The van der Waals surface area contributed by atoms with E-state index in [1.807, 2.05) is 6.07 Å². The van der Waals surface area contributed by atoms with Crippen molar-refractivity contribution >= 4 is 75.5 Å². The molecule has 0 spiro atoms. The monoisotopic (exact) mass is 523 g/mol. The Balaban J connectivity index is 3.08. The van der Waals surface area contributed by atoms with Crippen molar-refractivity contribution in [1.82, 2.24) is 15.1 Å². The Hall–Kier alpha value is -2.17. The molecule has 176 valence electrons. The number of nitrogens with zero attached hydrogens (tertiary/aromatic N) is 6. The summed E-state index contributed by atoms with van der Waals surface area (Å²) in [5.74, 6) is 0. The lowest BCUT2D eigenvalue weighted by Crippen LogP contribution is -2.33. The van der Waals surface area contributed by atoms with Crippen LogP contribution in [0.3, 0.4) is 0 Å². The van der Waals surface area contributed by atoms with Gasteiger partial charge in [-0.1, -0.05) is 18.3 Å². The van der Waals surface area contributed by atoms with Crippen molar-refractivity contribution in [3.05, 3.63) is 39.4 Å². The summed E-state index contributed by atoms with van der Waals surface area (Å²) < 4.78 is 0. The van der Waals surface area contributed by atoms with Crippen molar-refractivity contribution < 1.29 is 4.92 Å². The van der Waals surface area contributed by atoms with Crippen LogP contribution in [-0.2, 0) is 13.1 Å². The second kappa shape index (κ2) is 18.3. The number of nitrogens with one attached hydrogen (secondary N) is 1. The minimum atomic E-state index is -0.376. The van der Waals surface area contributed by atoms with Crippen molar-refractivity contribution in [2.24, 2.45) is 15.0 Å². The largest absolute Gasteiger partial charge is 0.381 e. The van der Waals surface area contributed by atoms with Crippen molar-refractivity contribution in [3.63, 3.8) is 0 Å². The first-order chi connectivity index (χ1) is 16.0. The zero-order chi connectivity index (χ0) is 24.3. The maximum Gasteiger partial charge on any atom is 0.270 e. The Labute approximate surface area is 214 Å². The van der Waals surface area contributed by atoms with Crippen LogP contribution in [0.25, 0.3) is 0 Å². The Morgan fingerprint density at radius 3 is 1.73 bits per heavy atom. The molecule has 0 heterocycles. The molecule has 0 radical (unpaired) electrons. The number of rotatable bonds is 18. The lowest BCUT2D eigenvalue weighted by molar-refractivity contribution is -0.385. The molecule has 0 amide bonds. The average molecular weight is 524 g/mol. The molecule has 0 atom stereocenters. The number of thiocarbonyl (C=S) groups is 4. The molecular formula is C20H25N7O2S4. The fraction of sp³-hybridized carbons (Fsp3) is 0.500. The first-order valence-electron chi connectivity index (χ1n) is 10.0. The van der Waals surface area contributed by atoms with E-state index in [0.717, 1.165) is 11.1 Å². The standard InChI is InChI=1S/C20H25N7O2S4/c28-27(29)20-10-18(12-25(5-1-21-14-30)6-2-22-15-31)9-19(11-20)13-26(7-3-23-16-32)8-4-24-17-33/h9-11,14H,1-8,12-13H2,(H,21,30). The van der Waals surface area contributed by atoms with Gasteiger partial charge >= 0.3 is 0 Å². The van der Waals surface area contributed by atoms with E-state index in [-0.39, 0.29) is 10.6 Å².